The molecule has 0 aromatic heterocycles. The normalized spacial score (nSPS) is 24.1. The molecule has 1 aromatic rings. The highest BCUT2D eigenvalue weighted by atomic mass is 31.1. The van der Waals surface area contributed by atoms with E-state index in [-0.39, 0.29) is 5.66 Å². The number of hydrogen-bond acceptors (Lipinski definition) is 1. The molecule has 108 valence electrons. The van der Waals surface area contributed by atoms with Crippen molar-refractivity contribution in [1.82, 2.24) is 0 Å². The van der Waals surface area contributed by atoms with Gasteiger partial charge in [-0.05, 0) is 51.7 Å². The molecule has 0 fully saturated rings. The third-order valence-corrected chi connectivity index (χ3v) is 7.03. The summed E-state index contributed by atoms with van der Waals surface area (Å²) in [7, 11) is -1.83. The molecule has 0 radical (unpaired) electrons. The van der Waals surface area contributed by atoms with Gasteiger partial charge >= 0.3 is 0 Å². The molecular weight excluding hydrogens is 263 g/mol. The van der Waals surface area contributed by atoms with Crippen LogP contribution in [0.5, 0.6) is 0 Å². The maximum absolute atomic E-state index is 13.2. The SMILES string of the molecule is CC1=CC(C)C([PH](=O)c2c(C)cc(C)cc2C)C(C)=C1. The Balaban J connectivity index is 2.46. The van der Waals surface area contributed by atoms with E-state index in [9.17, 15) is 4.57 Å². The number of benzene rings is 1. The van der Waals surface area contributed by atoms with Gasteiger partial charge in [-0.25, -0.2) is 0 Å². The van der Waals surface area contributed by atoms with Crippen LogP contribution in [-0.4, -0.2) is 5.66 Å². The van der Waals surface area contributed by atoms with Gasteiger partial charge in [-0.1, -0.05) is 47.9 Å². The van der Waals surface area contributed by atoms with Crippen LogP contribution in [-0.2, 0) is 4.57 Å². The van der Waals surface area contributed by atoms with Crippen molar-refractivity contribution in [1.29, 1.82) is 0 Å². The fraction of sp³-hybridized carbons (Fsp3) is 0.444. The van der Waals surface area contributed by atoms with Crippen LogP contribution in [0.3, 0.4) is 0 Å². The first kappa shape index (κ1) is 15.3. The molecule has 2 heteroatoms. The molecule has 1 aromatic carbocycles. The minimum absolute atomic E-state index is 0.170. The van der Waals surface area contributed by atoms with Crippen LogP contribution in [0, 0.1) is 26.7 Å². The van der Waals surface area contributed by atoms with E-state index >= 15 is 0 Å². The molecule has 0 saturated heterocycles. The molecular formula is C18H25OP. The Morgan fingerprint density at radius 1 is 1.00 bits per heavy atom. The summed E-state index contributed by atoms with van der Waals surface area (Å²) >= 11 is 0. The van der Waals surface area contributed by atoms with Crippen molar-refractivity contribution in [3.8, 4) is 0 Å². The van der Waals surface area contributed by atoms with Gasteiger partial charge in [0.05, 0.1) is 0 Å². The van der Waals surface area contributed by atoms with E-state index < -0.39 is 7.80 Å². The maximum atomic E-state index is 13.2. The zero-order chi connectivity index (χ0) is 15.0. The van der Waals surface area contributed by atoms with Crippen molar-refractivity contribution in [2.75, 3.05) is 0 Å². The van der Waals surface area contributed by atoms with E-state index in [4.69, 9.17) is 0 Å². The van der Waals surface area contributed by atoms with Crippen molar-refractivity contribution in [2.45, 2.75) is 47.2 Å². The molecule has 20 heavy (non-hydrogen) atoms. The number of aryl methyl sites for hydroxylation is 3. The molecule has 0 saturated carbocycles. The lowest BCUT2D eigenvalue weighted by atomic mass is 9.92. The topological polar surface area (TPSA) is 17.1 Å². The van der Waals surface area contributed by atoms with Crippen LogP contribution in [0.1, 0.15) is 37.5 Å². The van der Waals surface area contributed by atoms with Crippen molar-refractivity contribution < 1.29 is 4.57 Å². The molecule has 0 aliphatic heterocycles. The van der Waals surface area contributed by atoms with Gasteiger partial charge in [0.15, 0.2) is 0 Å². The van der Waals surface area contributed by atoms with E-state index in [0.717, 1.165) is 5.30 Å². The van der Waals surface area contributed by atoms with E-state index in [0.29, 0.717) is 5.92 Å². The summed E-state index contributed by atoms with van der Waals surface area (Å²) in [5, 5.41) is 1.10. The van der Waals surface area contributed by atoms with Crippen molar-refractivity contribution in [3.63, 3.8) is 0 Å². The Morgan fingerprint density at radius 3 is 2.05 bits per heavy atom. The smallest absolute Gasteiger partial charge is 0.112 e. The molecule has 1 aliphatic carbocycles. The second-order valence-electron chi connectivity index (χ2n) is 6.27. The lowest BCUT2D eigenvalue weighted by molar-refractivity contribution is 0.575. The third kappa shape index (κ3) is 2.83. The summed E-state index contributed by atoms with van der Waals surface area (Å²) in [5.74, 6) is 0.353. The number of hydrogen-bond donors (Lipinski definition) is 0. The number of allylic oxidation sites excluding steroid dienone is 4. The molecule has 1 nitrogen and oxygen atoms in total. The predicted octanol–water partition coefficient (Wildman–Crippen LogP) is 4.71. The maximum Gasteiger partial charge on any atom is 0.112 e. The Bertz CT molecular complexity index is 599. The summed E-state index contributed by atoms with van der Waals surface area (Å²) < 4.78 is 13.2. The lowest BCUT2D eigenvalue weighted by Gasteiger charge is -2.28. The van der Waals surface area contributed by atoms with Gasteiger partial charge in [0.2, 0.25) is 0 Å². The van der Waals surface area contributed by atoms with Crippen molar-refractivity contribution in [2.24, 2.45) is 5.92 Å². The molecule has 0 bridgehead atoms. The Kier molecular flexibility index (Phi) is 4.39. The van der Waals surface area contributed by atoms with Crippen LogP contribution in [0.25, 0.3) is 0 Å². The minimum atomic E-state index is -1.83. The summed E-state index contributed by atoms with van der Waals surface area (Å²) in [6.07, 6.45) is 4.44. The van der Waals surface area contributed by atoms with Gasteiger partial charge in [-0.3, -0.25) is 0 Å². The fourth-order valence-electron chi connectivity index (χ4n) is 3.59. The van der Waals surface area contributed by atoms with Gasteiger partial charge < -0.3 is 4.57 Å². The zero-order valence-corrected chi connectivity index (χ0v) is 14.4. The van der Waals surface area contributed by atoms with E-state index in [2.05, 4.69) is 65.8 Å². The van der Waals surface area contributed by atoms with Crippen molar-refractivity contribution in [3.05, 3.63) is 52.1 Å². The molecule has 0 N–H and O–H groups in total. The summed E-state index contributed by atoms with van der Waals surface area (Å²) in [6.45, 7) is 12.7. The largest absolute Gasteiger partial charge is 0.321 e. The molecule has 0 spiro atoms. The molecule has 1 aliphatic rings. The first-order valence-corrected chi connectivity index (χ1v) is 8.78. The van der Waals surface area contributed by atoms with Gasteiger partial charge in [-0.15, -0.1) is 0 Å². The summed E-state index contributed by atoms with van der Waals surface area (Å²) in [6, 6.07) is 4.30. The van der Waals surface area contributed by atoms with Gasteiger partial charge in [0.1, 0.15) is 7.80 Å². The second kappa shape index (κ2) is 5.74. The van der Waals surface area contributed by atoms with E-state index in [1.165, 1.54) is 27.8 Å². The van der Waals surface area contributed by atoms with Crippen LogP contribution in [0.4, 0.5) is 0 Å². The molecule has 3 unspecified atom stereocenters. The van der Waals surface area contributed by atoms with Gasteiger partial charge in [0.25, 0.3) is 0 Å². The molecule has 0 amide bonds. The van der Waals surface area contributed by atoms with Gasteiger partial charge in [-0.2, -0.15) is 0 Å². The zero-order valence-electron chi connectivity index (χ0n) is 13.4. The minimum Gasteiger partial charge on any atom is -0.321 e. The van der Waals surface area contributed by atoms with Crippen LogP contribution in [0.2, 0.25) is 0 Å². The van der Waals surface area contributed by atoms with Crippen molar-refractivity contribution >= 4 is 13.1 Å². The highest BCUT2D eigenvalue weighted by Crippen LogP contribution is 2.42. The van der Waals surface area contributed by atoms with Crippen LogP contribution < -0.4 is 5.30 Å². The van der Waals surface area contributed by atoms with Crippen LogP contribution in [0.15, 0.2) is 35.4 Å². The van der Waals surface area contributed by atoms with Crippen LogP contribution >= 0.6 is 7.80 Å². The average molecular weight is 288 g/mol. The first-order chi connectivity index (χ1) is 9.31. The molecule has 0 heterocycles. The van der Waals surface area contributed by atoms with E-state index in [1.54, 1.807) is 0 Å². The average Bonchev–Trinajstić information content (AvgIpc) is 2.25. The fourth-order valence-corrected chi connectivity index (χ4v) is 5.90. The molecule has 3 atom stereocenters. The Labute approximate surface area is 123 Å². The second-order valence-corrected chi connectivity index (χ2v) is 8.12. The van der Waals surface area contributed by atoms with Gasteiger partial charge in [0, 0.05) is 11.0 Å². The Hall–Kier alpha value is -1.07. The van der Waals surface area contributed by atoms with E-state index in [1.807, 2.05) is 0 Å². The predicted molar refractivity (Wildman–Crippen MR) is 89.8 cm³/mol. The Morgan fingerprint density at radius 2 is 1.55 bits per heavy atom. The first-order valence-electron chi connectivity index (χ1n) is 7.30. The lowest BCUT2D eigenvalue weighted by Crippen LogP contribution is -2.23. The summed E-state index contributed by atoms with van der Waals surface area (Å²) in [4.78, 5) is 0. The highest BCUT2D eigenvalue weighted by molar-refractivity contribution is 7.54. The quantitative estimate of drug-likeness (QED) is 0.720. The number of rotatable bonds is 2. The molecule has 2 rings (SSSR count). The highest BCUT2D eigenvalue weighted by Gasteiger charge is 2.28. The third-order valence-electron chi connectivity index (χ3n) is 4.20. The standard InChI is InChI=1S/C18H25OP/c1-11-7-13(3)17(14(4)8-11)20(19)18-15(5)9-12(2)10-16(18)6/h7-10,13,17,20H,1-6H3. The monoisotopic (exact) mass is 288 g/mol. The summed E-state index contributed by atoms with van der Waals surface area (Å²) in [5.41, 5.74) is 6.33.